The number of piperidine rings is 1. The van der Waals surface area contributed by atoms with Crippen LogP contribution in [-0.2, 0) is 11.0 Å². The summed E-state index contributed by atoms with van der Waals surface area (Å²) in [6, 6.07) is 2.11. The maximum atomic E-state index is 13.4. The van der Waals surface area contributed by atoms with E-state index in [1.54, 1.807) is 24.8 Å². The molecule has 1 aliphatic rings. The standard InChI is InChI=1S/C19H22F3N3O2/c1-11-9-14-15(10-12(11)2)25(18(27)16(23-14)19(20,21)22)13(3)17(26)24-7-5-4-6-8-24/h9-10,13H,4-8H2,1-3H3/t13-/m0/s1. The average Bonchev–Trinajstić information content (AvgIpc) is 2.61. The zero-order chi connectivity index (χ0) is 19.9. The number of hydrogen-bond donors (Lipinski definition) is 0. The van der Waals surface area contributed by atoms with Crippen LogP contribution in [0.5, 0.6) is 0 Å². The SMILES string of the molecule is Cc1cc2nc(C(F)(F)F)c(=O)n([C@@H](C)C(=O)N3CCCCC3)c2cc1C. The molecule has 0 saturated carbocycles. The lowest BCUT2D eigenvalue weighted by Gasteiger charge is -2.30. The van der Waals surface area contributed by atoms with Crippen molar-refractivity contribution >= 4 is 16.9 Å². The van der Waals surface area contributed by atoms with Crippen molar-refractivity contribution in [2.45, 2.75) is 52.3 Å². The number of hydrogen-bond acceptors (Lipinski definition) is 3. The van der Waals surface area contributed by atoms with Gasteiger partial charge < -0.3 is 4.90 Å². The average molecular weight is 381 g/mol. The van der Waals surface area contributed by atoms with E-state index in [4.69, 9.17) is 0 Å². The fourth-order valence-corrected chi connectivity index (χ4v) is 3.52. The molecule has 0 radical (unpaired) electrons. The highest BCUT2D eigenvalue weighted by atomic mass is 19.4. The minimum Gasteiger partial charge on any atom is -0.341 e. The van der Waals surface area contributed by atoms with Gasteiger partial charge in [0.05, 0.1) is 11.0 Å². The van der Waals surface area contributed by atoms with E-state index in [2.05, 4.69) is 4.98 Å². The first-order valence-electron chi connectivity index (χ1n) is 9.00. The van der Waals surface area contributed by atoms with Crippen LogP contribution < -0.4 is 5.56 Å². The van der Waals surface area contributed by atoms with Crippen LogP contribution in [0.2, 0.25) is 0 Å². The lowest BCUT2D eigenvalue weighted by Crippen LogP contribution is -2.43. The lowest BCUT2D eigenvalue weighted by molar-refractivity contribution is -0.143. The number of aryl methyl sites for hydroxylation is 2. The largest absolute Gasteiger partial charge is 0.438 e. The normalized spacial score (nSPS) is 16.6. The molecule has 1 fully saturated rings. The van der Waals surface area contributed by atoms with Gasteiger partial charge in [-0.05, 0) is 63.3 Å². The molecule has 3 rings (SSSR count). The summed E-state index contributed by atoms with van der Waals surface area (Å²) < 4.78 is 41.1. The van der Waals surface area contributed by atoms with Crippen molar-refractivity contribution in [3.8, 4) is 0 Å². The molecular formula is C19H22F3N3O2. The molecule has 5 nitrogen and oxygen atoms in total. The molecule has 2 aromatic rings. The van der Waals surface area contributed by atoms with Gasteiger partial charge in [0, 0.05) is 13.1 Å². The number of carbonyl (C=O) groups excluding carboxylic acids is 1. The lowest BCUT2D eigenvalue weighted by atomic mass is 10.1. The van der Waals surface area contributed by atoms with Gasteiger partial charge >= 0.3 is 6.18 Å². The highest BCUT2D eigenvalue weighted by Crippen LogP contribution is 2.29. The maximum absolute atomic E-state index is 13.4. The van der Waals surface area contributed by atoms with E-state index in [0.717, 1.165) is 35.0 Å². The second kappa shape index (κ2) is 6.98. The molecule has 1 aliphatic heterocycles. The number of halogens is 3. The van der Waals surface area contributed by atoms with Gasteiger partial charge in [0.15, 0.2) is 0 Å². The molecule has 0 bridgehead atoms. The van der Waals surface area contributed by atoms with E-state index >= 15 is 0 Å². The van der Waals surface area contributed by atoms with E-state index in [9.17, 15) is 22.8 Å². The molecule has 0 spiro atoms. The first-order valence-corrected chi connectivity index (χ1v) is 9.00. The number of amides is 1. The van der Waals surface area contributed by atoms with Crippen molar-refractivity contribution in [3.05, 3.63) is 39.3 Å². The van der Waals surface area contributed by atoms with Gasteiger partial charge in [-0.25, -0.2) is 4.98 Å². The smallest absolute Gasteiger partial charge is 0.341 e. The van der Waals surface area contributed by atoms with Gasteiger partial charge in [-0.1, -0.05) is 0 Å². The van der Waals surface area contributed by atoms with Crippen LogP contribution in [-0.4, -0.2) is 33.4 Å². The summed E-state index contributed by atoms with van der Waals surface area (Å²) in [4.78, 5) is 30.7. The van der Waals surface area contributed by atoms with Gasteiger partial charge in [0.2, 0.25) is 11.6 Å². The Morgan fingerprint density at radius 3 is 2.30 bits per heavy atom. The van der Waals surface area contributed by atoms with Crippen molar-refractivity contribution in [2.75, 3.05) is 13.1 Å². The highest BCUT2D eigenvalue weighted by molar-refractivity contribution is 5.84. The van der Waals surface area contributed by atoms with E-state index in [1.807, 2.05) is 0 Å². The van der Waals surface area contributed by atoms with Gasteiger partial charge in [0.1, 0.15) is 6.04 Å². The Hall–Kier alpha value is -2.38. The minimum atomic E-state index is -4.89. The van der Waals surface area contributed by atoms with Crippen LogP contribution in [0.4, 0.5) is 13.2 Å². The maximum Gasteiger partial charge on any atom is 0.438 e. The monoisotopic (exact) mass is 381 g/mol. The molecule has 1 saturated heterocycles. The van der Waals surface area contributed by atoms with E-state index in [-0.39, 0.29) is 16.9 Å². The Labute approximate surface area is 154 Å². The first-order chi connectivity index (χ1) is 12.6. The quantitative estimate of drug-likeness (QED) is 0.799. The number of aromatic nitrogens is 2. The predicted molar refractivity (Wildman–Crippen MR) is 95.6 cm³/mol. The molecule has 1 atom stereocenters. The molecule has 2 heterocycles. The summed E-state index contributed by atoms with van der Waals surface area (Å²) in [5.74, 6) is -0.337. The van der Waals surface area contributed by atoms with Crippen molar-refractivity contribution in [2.24, 2.45) is 0 Å². The Morgan fingerprint density at radius 2 is 1.70 bits per heavy atom. The molecule has 1 aromatic heterocycles. The van der Waals surface area contributed by atoms with Gasteiger partial charge in [-0.3, -0.25) is 14.2 Å². The molecule has 0 aliphatic carbocycles. The first kappa shape index (κ1) is 19.4. The van der Waals surface area contributed by atoms with Crippen LogP contribution in [0.3, 0.4) is 0 Å². The van der Waals surface area contributed by atoms with Crippen LogP contribution >= 0.6 is 0 Å². The summed E-state index contributed by atoms with van der Waals surface area (Å²) in [5, 5.41) is 0. The second-order valence-corrected chi connectivity index (χ2v) is 7.12. The van der Waals surface area contributed by atoms with Gasteiger partial charge in [0.25, 0.3) is 5.56 Å². The van der Waals surface area contributed by atoms with E-state index in [1.165, 1.54) is 13.0 Å². The molecule has 0 N–H and O–H groups in total. The number of benzene rings is 1. The van der Waals surface area contributed by atoms with Crippen LogP contribution in [0.15, 0.2) is 16.9 Å². The van der Waals surface area contributed by atoms with Crippen molar-refractivity contribution in [1.82, 2.24) is 14.5 Å². The summed E-state index contributed by atoms with van der Waals surface area (Å²) in [6.07, 6.45) is -2.15. The van der Waals surface area contributed by atoms with Crippen LogP contribution in [0.25, 0.3) is 11.0 Å². The van der Waals surface area contributed by atoms with Crippen molar-refractivity contribution < 1.29 is 18.0 Å². The highest BCUT2D eigenvalue weighted by Gasteiger charge is 2.39. The minimum absolute atomic E-state index is 0.0586. The molecular weight excluding hydrogens is 359 g/mol. The summed E-state index contributed by atoms with van der Waals surface area (Å²) in [7, 11) is 0. The fourth-order valence-electron chi connectivity index (χ4n) is 3.52. The van der Waals surface area contributed by atoms with Gasteiger partial charge in [-0.2, -0.15) is 13.2 Å². The molecule has 1 amide bonds. The summed E-state index contributed by atoms with van der Waals surface area (Å²) >= 11 is 0. The fraction of sp³-hybridized carbons (Fsp3) is 0.526. The molecule has 0 unspecified atom stereocenters. The van der Waals surface area contributed by atoms with Crippen LogP contribution in [0.1, 0.15) is 49.0 Å². The third-order valence-corrected chi connectivity index (χ3v) is 5.18. The topological polar surface area (TPSA) is 55.2 Å². The second-order valence-electron chi connectivity index (χ2n) is 7.12. The Kier molecular flexibility index (Phi) is 5.01. The third-order valence-electron chi connectivity index (χ3n) is 5.18. The number of fused-ring (bicyclic) bond motifs is 1. The molecule has 146 valence electrons. The van der Waals surface area contributed by atoms with E-state index < -0.39 is 23.5 Å². The predicted octanol–water partition coefficient (Wildman–Crippen LogP) is 3.61. The zero-order valence-electron chi connectivity index (χ0n) is 15.6. The third kappa shape index (κ3) is 3.57. The zero-order valence-corrected chi connectivity index (χ0v) is 15.6. The number of likely N-dealkylation sites (tertiary alicyclic amines) is 1. The Balaban J connectivity index is 2.22. The molecule has 27 heavy (non-hydrogen) atoms. The van der Waals surface area contributed by atoms with E-state index in [0.29, 0.717) is 13.1 Å². The number of rotatable bonds is 2. The molecule has 1 aromatic carbocycles. The Morgan fingerprint density at radius 1 is 1.11 bits per heavy atom. The van der Waals surface area contributed by atoms with Crippen molar-refractivity contribution in [3.63, 3.8) is 0 Å². The van der Waals surface area contributed by atoms with Crippen LogP contribution in [0, 0.1) is 13.8 Å². The summed E-state index contributed by atoms with van der Waals surface area (Å²) in [6.45, 7) is 6.17. The van der Waals surface area contributed by atoms with Crippen molar-refractivity contribution in [1.29, 1.82) is 0 Å². The number of nitrogens with zero attached hydrogens (tertiary/aromatic N) is 3. The summed E-state index contributed by atoms with van der Waals surface area (Å²) in [5.41, 5.74) is -0.886. The van der Waals surface area contributed by atoms with Gasteiger partial charge in [-0.15, -0.1) is 0 Å². The number of carbonyl (C=O) groups is 1. The number of alkyl halides is 3. The molecule has 8 heteroatoms. The Bertz CT molecular complexity index is 944.